The van der Waals surface area contributed by atoms with Crippen LogP contribution in [0.4, 0.5) is 4.79 Å². The summed E-state index contributed by atoms with van der Waals surface area (Å²) >= 11 is 0. The summed E-state index contributed by atoms with van der Waals surface area (Å²) in [5, 5.41) is 0. The van der Waals surface area contributed by atoms with E-state index in [0.717, 1.165) is 5.57 Å². The van der Waals surface area contributed by atoms with E-state index in [1.807, 2.05) is 27.7 Å². The molecule has 0 radical (unpaired) electrons. The normalized spacial score (nSPS) is 31.8. The molecule has 2 fully saturated rings. The molecular weight excluding hydrogens is 230 g/mol. The van der Waals surface area contributed by atoms with Gasteiger partial charge >= 0.3 is 6.09 Å². The van der Waals surface area contributed by atoms with Gasteiger partial charge in [-0.2, -0.15) is 0 Å². The van der Waals surface area contributed by atoms with Crippen molar-refractivity contribution in [1.29, 1.82) is 0 Å². The summed E-state index contributed by atoms with van der Waals surface area (Å²) in [6, 6.07) is -0.0765. The van der Waals surface area contributed by atoms with E-state index in [-0.39, 0.29) is 17.9 Å². The molecule has 0 N–H and O–H groups in total. The molecule has 2 atom stereocenters. The Morgan fingerprint density at radius 2 is 2.11 bits per heavy atom. The molecule has 1 saturated heterocycles. The molecule has 1 amide bonds. The number of Topliss-reactive ketones (excluding diaryl/α,β-unsaturated/α-hetero) is 1. The third-order valence-electron chi connectivity index (χ3n) is 3.99. The third-order valence-corrected chi connectivity index (χ3v) is 3.99. The van der Waals surface area contributed by atoms with Gasteiger partial charge in [-0.15, -0.1) is 0 Å². The maximum atomic E-state index is 12.1. The van der Waals surface area contributed by atoms with E-state index in [1.54, 1.807) is 4.90 Å². The smallest absolute Gasteiger partial charge is 0.410 e. The van der Waals surface area contributed by atoms with Crippen molar-refractivity contribution >= 4 is 11.9 Å². The Kier molecular flexibility index (Phi) is 2.80. The van der Waals surface area contributed by atoms with Gasteiger partial charge in [-0.1, -0.05) is 6.58 Å². The minimum Gasteiger partial charge on any atom is -0.444 e. The Balaban J connectivity index is 2.21. The molecule has 100 valence electrons. The highest BCUT2D eigenvalue weighted by atomic mass is 16.6. The average molecular weight is 251 g/mol. The number of ether oxygens (including phenoxy) is 1. The second kappa shape index (κ2) is 3.84. The molecule has 4 nitrogen and oxygen atoms in total. The first kappa shape index (κ1) is 13.1. The number of hydrogen-bond acceptors (Lipinski definition) is 3. The summed E-state index contributed by atoms with van der Waals surface area (Å²) in [4.78, 5) is 25.8. The molecule has 4 heteroatoms. The zero-order valence-corrected chi connectivity index (χ0v) is 11.6. The lowest BCUT2D eigenvalue weighted by molar-refractivity contribution is -0.123. The topological polar surface area (TPSA) is 46.6 Å². The van der Waals surface area contributed by atoms with Gasteiger partial charge in [0.25, 0.3) is 0 Å². The van der Waals surface area contributed by atoms with Gasteiger partial charge in [0.15, 0.2) is 0 Å². The fraction of sp³-hybridized carbons (Fsp3) is 0.714. The number of nitrogens with zero attached hydrogens (tertiary/aromatic N) is 1. The quantitative estimate of drug-likeness (QED) is 0.621. The van der Waals surface area contributed by atoms with Gasteiger partial charge < -0.3 is 4.74 Å². The molecule has 1 aliphatic heterocycles. The van der Waals surface area contributed by atoms with E-state index in [1.165, 1.54) is 0 Å². The van der Waals surface area contributed by atoms with Crippen LogP contribution in [0, 0.1) is 5.41 Å². The molecule has 0 aromatic rings. The Bertz CT molecular complexity index is 421. The lowest BCUT2D eigenvalue weighted by atomic mass is 9.81. The Morgan fingerprint density at radius 1 is 1.50 bits per heavy atom. The largest absolute Gasteiger partial charge is 0.444 e. The van der Waals surface area contributed by atoms with Crippen molar-refractivity contribution < 1.29 is 14.3 Å². The zero-order valence-electron chi connectivity index (χ0n) is 11.6. The molecule has 1 heterocycles. The summed E-state index contributed by atoms with van der Waals surface area (Å²) < 4.78 is 5.39. The van der Waals surface area contributed by atoms with Crippen LogP contribution >= 0.6 is 0 Å². The van der Waals surface area contributed by atoms with Crippen molar-refractivity contribution in [2.45, 2.75) is 52.2 Å². The van der Waals surface area contributed by atoms with Crippen LogP contribution in [-0.2, 0) is 9.53 Å². The predicted octanol–water partition coefficient (Wildman–Crippen LogP) is 2.53. The summed E-state index contributed by atoms with van der Waals surface area (Å²) in [5.74, 6) is 0.198. The van der Waals surface area contributed by atoms with E-state index in [9.17, 15) is 9.59 Å². The third kappa shape index (κ3) is 1.84. The summed E-state index contributed by atoms with van der Waals surface area (Å²) in [5.41, 5.74) is -0.238. The van der Waals surface area contributed by atoms with Gasteiger partial charge in [0.05, 0.1) is 11.5 Å². The van der Waals surface area contributed by atoms with Crippen molar-refractivity contribution in [3.63, 3.8) is 0 Å². The molecule has 18 heavy (non-hydrogen) atoms. The molecule has 0 spiro atoms. The number of hydrogen-bond donors (Lipinski definition) is 0. The van der Waals surface area contributed by atoms with E-state index in [0.29, 0.717) is 19.4 Å². The Morgan fingerprint density at radius 3 is 2.67 bits per heavy atom. The van der Waals surface area contributed by atoms with Gasteiger partial charge in [0.2, 0.25) is 0 Å². The van der Waals surface area contributed by atoms with Crippen molar-refractivity contribution in [2.24, 2.45) is 5.41 Å². The molecule has 0 bridgehead atoms. The number of amides is 1. The van der Waals surface area contributed by atoms with Crippen molar-refractivity contribution in [1.82, 2.24) is 4.90 Å². The summed E-state index contributed by atoms with van der Waals surface area (Å²) in [7, 11) is 0. The Labute approximate surface area is 108 Å². The van der Waals surface area contributed by atoms with Crippen LogP contribution < -0.4 is 0 Å². The number of rotatable bonds is 0. The van der Waals surface area contributed by atoms with Crippen molar-refractivity contribution in [2.75, 3.05) is 6.54 Å². The minimum atomic E-state index is -0.559. The monoisotopic (exact) mass is 251 g/mol. The van der Waals surface area contributed by atoms with Gasteiger partial charge in [-0.3, -0.25) is 9.69 Å². The Hall–Kier alpha value is -1.32. The fourth-order valence-electron chi connectivity index (χ4n) is 2.89. The average Bonchev–Trinajstić information content (AvgIpc) is 2.63. The van der Waals surface area contributed by atoms with E-state index < -0.39 is 11.0 Å². The number of likely N-dealkylation sites (tertiary alicyclic amines) is 1. The van der Waals surface area contributed by atoms with E-state index >= 15 is 0 Å². The van der Waals surface area contributed by atoms with E-state index in [4.69, 9.17) is 4.74 Å². The maximum absolute atomic E-state index is 12.1. The molecule has 0 unspecified atom stereocenters. The minimum absolute atomic E-state index is 0.0765. The van der Waals surface area contributed by atoms with Crippen LogP contribution in [0.25, 0.3) is 0 Å². The highest BCUT2D eigenvalue weighted by molar-refractivity contribution is 5.92. The fourth-order valence-corrected chi connectivity index (χ4v) is 2.89. The standard InChI is InChI=1S/C14H21NO3/c1-9-8-15(12(17)18-13(2,3)4)10-6-7-11(16)14(9,10)5/h10H,1,6-8H2,2-5H3/t10-,14-/m1/s1. The SMILES string of the molecule is C=C1CN(C(=O)OC(C)(C)C)[C@@H]2CCC(=O)[C@]12C. The molecule has 0 aromatic heterocycles. The maximum Gasteiger partial charge on any atom is 0.410 e. The van der Waals surface area contributed by atoms with Crippen LogP contribution in [0.3, 0.4) is 0 Å². The first-order valence-corrected chi connectivity index (χ1v) is 6.37. The number of carbonyl (C=O) groups is 2. The van der Waals surface area contributed by atoms with Gasteiger partial charge in [0.1, 0.15) is 11.4 Å². The number of ketones is 1. The lowest BCUT2D eigenvalue weighted by Crippen LogP contribution is -2.42. The summed E-state index contributed by atoms with van der Waals surface area (Å²) in [6.07, 6.45) is 0.902. The van der Waals surface area contributed by atoms with Crippen LogP contribution in [0.5, 0.6) is 0 Å². The van der Waals surface area contributed by atoms with Crippen LogP contribution in [0.2, 0.25) is 0 Å². The summed E-state index contributed by atoms with van der Waals surface area (Å²) in [6.45, 7) is 11.8. The molecule has 0 aromatic carbocycles. The van der Waals surface area contributed by atoms with Crippen molar-refractivity contribution in [3.05, 3.63) is 12.2 Å². The first-order chi connectivity index (χ1) is 8.16. The van der Waals surface area contributed by atoms with Crippen LogP contribution in [0.15, 0.2) is 12.2 Å². The highest BCUT2D eigenvalue weighted by Gasteiger charge is 2.57. The first-order valence-electron chi connectivity index (χ1n) is 6.37. The van der Waals surface area contributed by atoms with Crippen LogP contribution in [0.1, 0.15) is 40.5 Å². The lowest BCUT2D eigenvalue weighted by Gasteiger charge is -2.30. The van der Waals surface area contributed by atoms with Gasteiger partial charge in [0, 0.05) is 13.0 Å². The van der Waals surface area contributed by atoms with E-state index in [2.05, 4.69) is 6.58 Å². The van der Waals surface area contributed by atoms with Crippen molar-refractivity contribution in [3.8, 4) is 0 Å². The predicted molar refractivity (Wildman–Crippen MR) is 68.2 cm³/mol. The number of carbonyl (C=O) groups excluding carboxylic acids is 2. The molecule has 2 rings (SSSR count). The highest BCUT2D eigenvalue weighted by Crippen LogP contribution is 2.48. The van der Waals surface area contributed by atoms with Gasteiger partial charge in [-0.25, -0.2) is 4.79 Å². The second-order valence-electron chi connectivity index (χ2n) is 6.39. The number of fused-ring (bicyclic) bond motifs is 1. The second-order valence-corrected chi connectivity index (χ2v) is 6.39. The van der Waals surface area contributed by atoms with Gasteiger partial charge in [-0.05, 0) is 39.7 Å². The van der Waals surface area contributed by atoms with Crippen LogP contribution in [-0.4, -0.2) is 35.0 Å². The molecule has 2 aliphatic rings. The zero-order chi connectivity index (χ0) is 13.7. The molecule has 1 aliphatic carbocycles. The molecular formula is C14H21NO3. The molecule has 1 saturated carbocycles.